The SMILES string of the molecule is CC(C)(C)c1ccc(C2C(C(=O)C=Cc3ccccc3)=C(O)C(=O)N2Cc2cccnc2)cc1. The first-order chi connectivity index (χ1) is 16.3. The molecule has 1 atom stereocenters. The van der Waals surface area contributed by atoms with Crippen LogP contribution in [0.3, 0.4) is 0 Å². The van der Waals surface area contributed by atoms with Gasteiger partial charge in [0.05, 0.1) is 11.6 Å². The fourth-order valence-electron chi connectivity index (χ4n) is 4.09. The molecule has 3 aromatic rings. The van der Waals surface area contributed by atoms with E-state index in [9.17, 15) is 14.7 Å². The summed E-state index contributed by atoms with van der Waals surface area (Å²) in [6.07, 6.45) is 6.45. The number of carbonyl (C=O) groups is 2. The minimum atomic E-state index is -0.699. The molecule has 0 bridgehead atoms. The Morgan fingerprint density at radius 1 is 1.03 bits per heavy atom. The molecule has 5 nitrogen and oxygen atoms in total. The van der Waals surface area contributed by atoms with Gasteiger partial charge in [0.15, 0.2) is 11.5 Å². The van der Waals surface area contributed by atoms with Crippen LogP contribution >= 0.6 is 0 Å². The summed E-state index contributed by atoms with van der Waals surface area (Å²) < 4.78 is 0. The monoisotopic (exact) mass is 452 g/mol. The topological polar surface area (TPSA) is 70.5 Å². The van der Waals surface area contributed by atoms with Crippen molar-refractivity contribution in [3.8, 4) is 0 Å². The summed E-state index contributed by atoms with van der Waals surface area (Å²) in [5.41, 5.74) is 3.64. The van der Waals surface area contributed by atoms with Crippen LogP contribution in [0.5, 0.6) is 0 Å². The molecule has 0 saturated carbocycles. The minimum absolute atomic E-state index is 0.0333. The summed E-state index contributed by atoms with van der Waals surface area (Å²) in [5, 5.41) is 10.8. The van der Waals surface area contributed by atoms with Crippen LogP contribution in [0.1, 0.15) is 49.1 Å². The molecule has 1 aromatic heterocycles. The van der Waals surface area contributed by atoms with Gasteiger partial charge in [-0.2, -0.15) is 0 Å². The number of aromatic nitrogens is 1. The Balaban J connectivity index is 1.73. The maximum absolute atomic E-state index is 13.3. The van der Waals surface area contributed by atoms with Gasteiger partial charge in [0.1, 0.15) is 0 Å². The third-order valence-corrected chi connectivity index (χ3v) is 5.96. The zero-order valence-electron chi connectivity index (χ0n) is 19.6. The van der Waals surface area contributed by atoms with Gasteiger partial charge in [0.25, 0.3) is 5.91 Å². The molecule has 1 amide bonds. The van der Waals surface area contributed by atoms with Gasteiger partial charge in [-0.25, -0.2) is 0 Å². The predicted octanol–water partition coefficient (Wildman–Crippen LogP) is 5.56. The number of carbonyl (C=O) groups excluding carboxylic acids is 2. The number of pyridine rings is 1. The third kappa shape index (κ3) is 4.84. The van der Waals surface area contributed by atoms with Crippen molar-refractivity contribution in [2.75, 3.05) is 0 Å². The second kappa shape index (κ2) is 9.48. The molecule has 172 valence electrons. The van der Waals surface area contributed by atoms with Crippen molar-refractivity contribution >= 4 is 17.8 Å². The molecule has 4 rings (SSSR count). The number of aliphatic hydroxyl groups excluding tert-OH is 1. The standard InChI is InChI=1S/C29H28N2O3/c1-29(2,3)23-14-12-22(13-15-23)26-25(24(32)16-11-20-8-5-4-6-9-20)27(33)28(34)31(26)19-21-10-7-17-30-18-21/h4-18,26,33H,19H2,1-3H3. The van der Waals surface area contributed by atoms with E-state index in [1.165, 1.54) is 11.0 Å². The number of benzene rings is 2. The van der Waals surface area contributed by atoms with Gasteiger partial charge in [-0.3, -0.25) is 14.6 Å². The van der Waals surface area contributed by atoms with Crippen LogP contribution in [0.2, 0.25) is 0 Å². The summed E-state index contributed by atoms with van der Waals surface area (Å²) in [6.45, 7) is 6.61. The second-order valence-corrected chi connectivity index (χ2v) is 9.44. The number of allylic oxidation sites excluding steroid dienone is 1. The van der Waals surface area contributed by atoms with Crippen molar-refractivity contribution in [3.63, 3.8) is 0 Å². The molecule has 1 aliphatic rings. The molecule has 0 saturated heterocycles. The van der Waals surface area contributed by atoms with Gasteiger partial charge >= 0.3 is 0 Å². The lowest BCUT2D eigenvalue weighted by Gasteiger charge is -2.27. The number of amides is 1. The molecule has 1 N–H and O–H groups in total. The first kappa shape index (κ1) is 23.2. The highest BCUT2D eigenvalue weighted by Gasteiger charge is 2.42. The molecule has 0 fully saturated rings. The molecule has 1 unspecified atom stereocenters. The summed E-state index contributed by atoms with van der Waals surface area (Å²) >= 11 is 0. The first-order valence-electron chi connectivity index (χ1n) is 11.3. The Bertz CT molecular complexity index is 1240. The van der Waals surface area contributed by atoms with Crippen molar-refractivity contribution in [1.82, 2.24) is 9.88 Å². The van der Waals surface area contributed by atoms with Gasteiger partial charge in [-0.15, -0.1) is 0 Å². The Labute approximate surface area is 200 Å². The van der Waals surface area contributed by atoms with Gasteiger partial charge in [0, 0.05) is 18.9 Å². The number of aliphatic hydroxyl groups is 1. The maximum atomic E-state index is 13.3. The Morgan fingerprint density at radius 3 is 2.35 bits per heavy atom. The van der Waals surface area contributed by atoms with E-state index in [4.69, 9.17) is 0 Å². The Kier molecular flexibility index (Phi) is 6.46. The van der Waals surface area contributed by atoms with Gasteiger partial charge in [-0.05, 0) is 39.8 Å². The molecular formula is C29H28N2O3. The average molecular weight is 453 g/mol. The summed E-state index contributed by atoms with van der Waals surface area (Å²) in [4.78, 5) is 32.1. The maximum Gasteiger partial charge on any atom is 0.290 e. The van der Waals surface area contributed by atoms with E-state index in [1.54, 1.807) is 24.5 Å². The van der Waals surface area contributed by atoms with E-state index in [0.717, 1.165) is 22.3 Å². The van der Waals surface area contributed by atoms with Crippen LogP contribution in [-0.2, 0) is 21.5 Å². The van der Waals surface area contributed by atoms with Gasteiger partial charge in [-0.1, -0.05) is 87.5 Å². The average Bonchev–Trinajstić information content (AvgIpc) is 3.08. The highest BCUT2D eigenvalue weighted by atomic mass is 16.3. The molecule has 1 aliphatic heterocycles. The second-order valence-electron chi connectivity index (χ2n) is 9.44. The van der Waals surface area contributed by atoms with E-state index >= 15 is 0 Å². The molecule has 34 heavy (non-hydrogen) atoms. The van der Waals surface area contributed by atoms with E-state index in [0.29, 0.717) is 0 Å². The van der Waals surface area contributed by atoms with Crippen molar-refractivity contribution in [2.24, 2.45) is 0 Å². The Hall–Kier alpha value is -3.99. The zero-order chi connectivity index (χ0) is 24.3. The first-order valence-corrected chi connectivity index (χ1v) is 11.3. The fraction of sp³-hybridized carbons (Fsp3) is 0.207. The van der Waals surface area contributed by atoms with Crippen LogP contribution in [0.4, 0.5) is 0 Å². The molecule has 0 aliphatic carbocycles. The lowest BCUT2D eigenvalue weighted by Crippen LogP contribution is -2.30. The Morgan fingerprint density at radius 2 is 1.74 bits per heavy atom. The van der Waals surface area contributed by atoms with E-state index < -0.39 is 23.5 Å². The van der Waals surface area contributed by atoms with Crippen LogP contribution in [0, 0.1) is 0 Å². The lowest BCUT2D eigenvalue weighted by molar-refractivity contribution is -0.130. The minimum Gasteiger partial charge on any atom is -0.503 e. The molecule has 0 spiro atoms. The van der Waals surface area contributed by atoms with E-state index in [-0.39, 0.29) is 17.5 Å². The van der Waals surface area contributed by atoms with Crippen molar-refractivity contribution in [2.45, 2.75) is 38.8 Å². The van der Waals surface area contributed by atoms with E-state index in [1.807, 2.05) is 60.7 Å². The summed E-state index contributed by atoms with van der Waals surface area (Å²) in [7, 11) is 0. The lowest BCUT2D eigenvalue weighted by atomic mass is 9.85. The number of rotatable bonds is 6. The zero-order valence-corrected chi connectivity index (χ0v) is 19.6. The largest absolute Gasteiger partial charge is 0.503 e. The van der Waals surface area contributed by atoms with Crippen LogP contribution in [0.15, 0.2) is 96.5 Å². The predicted molar refractivity (Wildman–Crippen MR) is 133 cm³/mol. The number of ketones is 1. The highest BCUT2D eigenvalue weighted by Crippen LogP contribution is 2.39. The van der Waals surface area contributed by atoms with Crippen LogP contribution < -0.4 is 0 Å². The van der Waals surface area contributed by atoms with Crippen molar-refractivity contribution < 1.29 is 14.7 Å². The molecule has 2 aromatic carbocycles. The van der Waals surface area contributed by atoms with E-state index in [2.05, 4.69) is 25.8 Å². The fourth-order valence-corrected chi connectivity index (χ4v) is 4.09. The van der Waals surface area contributed by atoms with Crippen molar-refractivity contribution in [1.29, 1.82) is 0 Å². The molecular weight excluding hydrogens is 424 g/mol. The smallest absolute Gasteiger partial charge is 0.290 e. The molecule has 2 heterocycles. The van der Waals surface area contributed by atoms with Gasteiger partial charge < -0.3 is 10.0 Å². The van der Waals surface area contributed by atoms with Crippen LogP contribution in [-0.4, -0.2) is 26.7 Å². The summed E-state index contributed by atoms with van der Waals surface area (Å²) in [5.74, 6) is -1.46. The number of hydrogen-bond donors (Lipinski definition) is 1. The van der Waals surface area contributed by atoms with Crippen LogP contribution in [0.25, 0.3) is 6.08 Å². The molecule has 5 heteroatoms. The number of nitrogens with zero attached hydrogens (tertiary/aromatic N) is 2. The number of hydrogen-bond acceptors (Lipinski definition) is 4. The summed E-state index contributed by atoms with van der Waals surface area (Å²) in [6, 6.07) is 20.3. The normalized spacial score (nSPS) is 16.5. The molecule has 0 radical (unpaired) electrons. The van der Waals surface area contributed by atoms with Crippen molar-refractivity contribution in [3.05, 3.63) is 119 Å². The third-order valence-electron chi connectivity index (χ3n) is 5.96. The quantitative estimate of drug-likeness (QED) is 0.497. The van der Waals surface area contributed by atoms with Gasteiger partial charge in [0.2, 0.25) is 0 Å². The highest BCUT2D eigenvalue weighted by molar-refractivity contribution is 6.14.